The molecule has 0 radical (unpaired) electrons. The third-order valence-electron chi connectivity index (χ3n) is 3.19. The number of halogens is 2. The number of nitrogens with zero attached hydrogens (tertiary/aromatic N) is 2. The molecule has 1 aromatic heterocycles. The fraction of sp³-hybridized carbons (Fsp3) is 0.0667. The molecular formula is C15H11BrFN3O. The molecule has 0 amide bonds. The second kappa shape index (κ2) is 5.29. The molecule has 1 heterocycles. The Labute approximate surface area is 128 Å². The van der Waals surface area contributed by atoms with E-state index in [0.717, 1.165) is 5.56 Å². The third kappa shape index (κ3) is 2.67. The molecule has 3 aromatic rings. The van der Waals surface area contributed by atoms with Gasteiger partial charge in [-0.15, -0.1) is 0 Å². The van der Waals surface area contributed by atoms with E-state index in [1.165, 1.54) is 17.0 Å². The van der Waals surface area contributed by atoms with E-state index < -0.39 is 0 Å². The number of nitrogens with two attached hydrogens (primary N) is 1. The predicted molar refractivity (Wildman–Crippen MR) is 83.6 cm³/mol. The highest BCUT2D eigenvalue weighted by atomic mass is 79.9. The summed E-state index contributed by atoms with van der Waals surface area (Å²) in [5.74, 6) is -0.337. The van der Waals surface area contributed by atoms with Gasteiger partial charge in [0, 0.05) is 5.69 Å². The lowest BCUT2D eigenvalue weighted by Crippen LogP contribution is -2.21. The first kappa shape index (κ1) is 13.8. The molecule has 0 saturated carbocycles. The summed E-state index contributed by atoms with van der Waals surface area (Å²) < 4.78 is 15.1. The highest BCUT2D eigenvalue weighted by Crippen LogP contribution is 2.17. The van der Waals surface area contributed by atoms with E-state index in [1.54, 1.807) is 30.3 Å². The van der Waals surface area contributed by atoms with Crippen molar-refractivity contribution in [2.45, 2.75) is 6.54 Å². The quantitative estimate of drug-likeness (QED) is 0.725. The first-order valence-corrected chi connectivity index (χ1v) is 7.02. The van der Waals surface area contributed by atoms with Crippen LogP contribution in [0.1, 0.15) is 5.56 Å². The van der Waals surface area contributed by atoms with Gasteiger partial charge in [0.05, 0.1) is 28.2 Å². The van der Waals surface area contributed by atoms with Gasteiger partial charge in [0.1, 0.15) is 5.82 Å². The zero-order chi connectivity index (χ0) is 15.0. The van der Waals surface area contributed by atoms with Gasteiger partial charge in [-0.25, -0.2) is 9.37 Å². The molecule has 0 fully saturated rings. The number of aromatic nitrogens is 2. The van der Waals surface area contributed by atoms with E-state index in [0.29, 0.717) is 27.6 Å². The van der Waals surface area contributed by atoms with Gasteiger partial charge in [0.2, 0.25) is 0 Å². The molecule has 21 heavy (non-hydrogen) atoms. The lowest BCUT2D eigenvalue weighted by atomic mass is 10.2. The van der Waals surface area contributed by atoms with Crippen LogP contribution in [0.5, 0.6) is 0 Å². The molecule has 2 N–H and O–H groups in total. The Kier molecular flexibility index (Phi) is 3.47. The van der Waals surface area contributed by atoms with Crippen LogP contribution < -0.4 is 11.3 Å². The van der Waals surface area contributed by atoms with Crippen LogP contribution >= 0.6 is 15.9 Å². The largest absolute Gasteiger partial charge is 0.399 e. The van der Waals surface area contributed by atoms with Gasteiger partial charge in [-0.05, 0) is 51.8 Å². The molecule has 2 aromatic carbocycles. The molecule has 0 saturated heterocycles. The maximum Gasteiger partial charge on any atom is 0.261 e. The van der Waals surface area contributed by atoms with Gasteiger partial charge in [-0.1, -0.05) is 6.07 Å². The summed E-state index contributed by atoms with van der Waals surface area (Å²) in [6.45, 7) is 0.315. The zero-order valence-corrected chi connectivity index (χ0v) is 12.5. The molecule has 3 rings (SSSR count). The molecule has 4 nitrogen and oxygen atoms in total. The van der Waals surface area contributed by atoms with E-state index in [1.807, 2.05) is 0 Å². The minimum Gasteiger partial charge on any atom is -0.399 e. The Morgan fingerprint density at radius 2 is 2.05 bits per heavy atom. The molecule has 0 aliphatic heterocycles. The fourth-order valence-corrected chi connectivity index (χ4v) is 2.55. The Balaban J connectivity index is 2.06. The molecule has 0 spiro atoms. The van der Waals surface area contributed by atoms with Crippen molar-refractivity contribution in [3.05, 3.63) is 68.9 Å². The molecule has 0 atom stereocenters. The van der Waals surface area contributed by atoms with Crippen LogP contribution in [0.25, 0.3) is 10.9 Å². The SMILES string of the molecule is Nc1ccc2ncn(Cc3ccc(F)c(Br)c3)c(=O)c2c1. The number of nitrogen functional groups attached to an aromatic ring is 1. The lowest BCUT2D eigenvalue weighted by molar-refractivity contribution is 0.619. The van der Waals surface area contributed by atoms with Crippen LogP contribution in [-0.2, 0) is 6.54 Å². The van der Waals surface area contributed by atoms with Crippen molar-refractivity contribution >= 4 is 32.5 Å². The van der Waals surface area contributed by atoms with Crippen LogP contribution in [0.15, 0.2) is 52.0 Å². The number of anilines is 1. The highest BCUT2D eigenvalue weighted by molar-refractivity contribution is 9.10. The van der Waals surface area contributed by atoms with Crippen LogP contribution in [-0.4, -0.2) is 9.55 Å². The van der Waals surface area contributed by atoms with Crippen molar-refractivity contribution in [3.8, 4) is 0 Å². The fourth-order valence-electron chi connectivity index (χ4n) is 2.12. The molecule has 0 aliphatic rings. The maximum atomic E-state index is 13.2. The van der Waals surface area contributed by atoms with E-state index in [-0.39, 0.29) is 11.4 Å². The Bertz CT molecular complexity index is 892. The van der Waals surface area contributed by atoms with Gasteiger partial charge >= 0.3 is 0 Å². The maximum absolute atomic E-state index is 13.2. The van der Waals surface area contributed by atoms with Gasteiger partial charge < -0.3 is 5.73 Å². The molecular weight excluding hydrogens is 337 g/mol. The van der Waals surface area contributed by atoms with E-state index in [2.05, 4.69) is 20.9 Å². The van der Waals surface area contributed by atoms with Crippen molar-refractivity contribution in [1.82, 2.24) is 9.55 Å². The summed E-state index contributed by atoms with van der Waals surface area (Å²) in [4.78, 5) is 16.7. The third-order valence-corrected chi connectivity index (χ3v) is 3.79. The standard InChI is InChI=1S/C15H11BrFN3O/c16-12-5-9(1-3-13(12)17)7-20-8-19-14-4-2-10(18)6-11(14)15(20)21/h1-6,8H,7,18H2. The number of rotatable bonds is 2. The second-order valence-electron chi connectivity index (χ2n) is 4.70. The van der Waals surface area contributed by atoms with Crippen molar-refractivity contribution in [1.29, 1.82) is 0 Å². The Morgan fingerprint density at radius 1 is 1.24 bits per heavy atom. The summed E-state index contributed by atoms with van der Waals surface area (Å²) in [6, 6.07) is 9.67. The molecule has 0 aliphatic carbocycles. The minimum absolute atomic E-state index is 0.173. The highest BCUT2D eigenvalue weighted by Gasteiger charge is 2.06. The first-order chi connectivity index (χ1) is 10.0. The second-order valence-corrected chi connectivity index (χ2v) is 5.56. The van der Waals surface area contributed by atoms with Gasteiger partial charge in [-0.2, -0.15) is 0 Å². The molecule has 0 bridgehead atoms. The van der Waals surface area contributed by atoms with Crippen LogP contribution in [0.4, 0.5) is 10.1 Å². The van der Waals surface area contributed by atoms with Crippen LogP contribution in [0, 0.1) is 5.82 Å². The molecule has 6 heteroatoms. The minimum atomic E-state index is -0.337. The monoisotopic (exact) mass is 347 g/mol. The summed E-state index contributed by atoms with van der Waals surface area (Å²) in [6.07, 6.45) is 1.48. The number of benzene rings is 2. The van der Waals surface area contributed by atoms with Crippen LogP contribution in [0.3, 0.4) is 0 Å². The Morgan fingerprint density at radius 3 is 2.81 bits per heavy atom. The van der Waals surface area contributed by atoms with Crippen LogP contribution in [0.2, 0.25) is 0 Å². The van der Waals surface area contributed by atoms with Gasteiger partial charge in [0.25, 0.3) is 5.56 Å². The van der Waals surface area contributed by atoms with E-state index in [9.17, 15) is 9.18 Å². The zero-order valence-electron chi connectivity index (χ0n) is 10.9. The lowest BCUT2D eigenvalue weighted by Gasteiger charge is -2.08. The molecule has 0 unspecified atom stereocenters. The average molecular weight is 348 g/mol. The topological polar surface area (TPSA) is 60.9 Å². The molecule has 106 valence electrons. The van der Waals surface area contributed by atoms with Crippen molar-refractivity contribution in [2.75, 3.05) is 5.73 Å². The summed E-state index contributed by atoms with van der Waals surface area (Å²) in [7, 11) is 0. The van der Waals surface area contributed by atoms with Crippen molar-refractivity contribution in [2.24, 2.45) is 0 Å². The van der Waals surface area contributed by atoms with E-state index in [4.69, 9.17) is 5.73 Å². The summed E-state index contributed by atoms with van der Waals surface area (Å²) in [5, 5.41) is 0.471. The summed E-state index contributed by atoms with van der Waals surface area (Å²) in [5.41, 5.74) is 7.46. The first-order valence-electron chi connectivity index (χ1n) is 6.23. The Hall–Kier alpha value is -2.21. The van der Waals surface area contributed by atoms with E-state index >= 15 is 0 Å². The number of hydrogen-bond acceptors (Lipinski definition) is 3. The van der Waals surface area contributed by atoms with Crippen molar-refractivity contribution < 1.29 is 4.39 Å². The van der Waals surface area contributed by atoms with Gasteiger partial charge in [0.15, 0.2) is 0 Å². The summed E-state index contributed by atoms with van der Waals surface area (Å²) >= 11 is 3.13. The normalized spacial score (nSPS) is 11.0. The smallest absolute Gasteiger partial charge is 0.261 e. The number of hydrogen-bond donors (Lipinski definition) is 1. The predicted octanol–water partition coefficient (Wildman–Crippen LogP) is 2.93. The van der Waals surface area contributed by atoms with Crippen molar-refractivity contribution in [3.63, 3.8) is 0 Å². The average Bonchev–Trinajstić information content (AvgIpc) is 2.46. The number of fused-ring (bicyclic) bond motifs is 1. The van der Waals surface area contributed by atoms with Gasteiger partial charge in [-0.3, -0.25) is 9.36 Å².